The second-order valence-corrected chi connectivity index (χ2v) is 14.5. The molecule has 5 N–H and O–H groups in total. The van der Waals surface area contributed by atoms with Crippen LogP contribution >= 0.6 is 0 Å². The summed E-state index contributed by atoms with van der Waals surface area (Å²) in [6.07, 6.45) is 0.0114. The summed E-state index contributed by atoms with van der Waals surface area (Å²) in [4.78, 5) is 81.2. The molecule has 2 fully saturated rings. The number of furan rings is 1. The summed E-state index contributed by atoms with van der Waals surface area (Å²) < 4.78 is 11.0. The number of nitrogens with zero attached hydrogens (tertiary/aromatic N) is 2. The monoisotopic (exact) mass is 800 g/mol. The summed E-state index contributed by atoms with van der Waals surface area (Å²) in [6.45, 7) is 2.55. The van der Waals surface area contributed by atoms with Crippen molar-refractivity contribution in [2.75, 3.05) is 30.8 Å². The van der Waals surface area contributed by atoms with Crippen molar-refractivity contribution in [1.29, 1.82) is 0 Å². The van der Waals surface area contributed by atoms with Crippen LogP contribution in [0.4, 0.5) is 21.0 Å². The predicted octanol–water partition coefficient (Wildman–Crippen LogP) is 6.37. The average molecular weight is 801 g/mol. The number of rotatable bonds is 11. The molecule has 0 spiro atoms. The molecule has 4 atom stereocenters. The van der Waals surface area contributed by atoms with Gasteiger partial charge in [0, 0.05) is 35.4 Å². The standard InChI is InChI=1S/C44H44N6O9/c1-26-23-32(46-40(52)34-16-10-22-50(34)42(54)37(48-44(57)58-2)29-13-7-4-8-14-29)24-30-25-35(59-38(26)30)27-17-19-31(20-18-27)45-39(51)33-15-9-21-49(33)41(53)36(47-43(55)56)28-11-5-3-6-12-28/h3-8,11-14,17-20,23-25,33-34,36-37,47H,9-10,15-16,21-22H2,1-2H3,(H,45,51)(H,46,52)(H,48,57)(H,55,56)/t33-,34-,36?,37?/m0/s1. The van der Waals surface area contributed by atoms with E-state index >= 15 is 0 Å². The van der Waals surface area contributed by atoms with Crippen LogP contribution in [0.3, 0.4) is 0 Å². The maximum Gasteiger partial charge on any atom is 0.407 e. The molecule has 59 heavy (non-hydrogen) atoms. The largest absolute Gasteiger partial charge is 0.465 e. The van der Waals surface area contributed by atoms with E-state index in [0.29, 0.717) is 72.6 Å². The fourth-order valence-corrected chi connectivity index (χ4v) is 7.82. The normalized spacial score (nSPS) is 17.2. The van der Waals surface area contributed by atoms with E-state index < -0.39 is 48.2 Å². The van der Waals surface area contributed by atoms with Crippen molar-refractivity contribution in [2.45, 2.75) is 56.8 Å². The number of nitrogens with one attached hydrogen (secondary N) is 4. The molecule has 15 heteroatoms. The first-order valence-corrected chi connectivity index (χ1v) is 19.3. The van der Waals surface area contributed by atoms with Gasteiger partial charge < -0.3 is 45.3 Å². The zero-order valence-corrected chi connectivity index (χ0v) is 32.5. The third-order valence-electron chi connectivity index (χ3n) is 10.7. The van der Waals surface area contributed by atoms with Crippen LogP contribution in [0.2, 0.25) is 0 Å². The molecule has 7 rings (SSSR count). The van der Waals surface area contributed by atoms with Gasteiger partial charge in [-0.15, -0.1) is 0 Å². The SMILES string of the molecule is COC(=O)NC(C(=O)N1CCC[C@H]1C(=O)Nc1cc(C)c2oc(-c3ccc(NC(=O)[C@@H]4CCCN4C(=O)C(NC(=O)O)c4ccccc4)cc3)cc2c1)c1ccccc1. The molecule has 2 unspecified atom stereocenters. The highest BCUT2D eigenvalue weighted by Crippen LogP contribution is 2.34. The van der Waals surface area contributed by atoms with Crippen LogP contribution in [0.25, 0.3) is 22.3 Å². The van der Waals surface area contributed by atoms with E-state index in [-0.39, 0.29) is 11.8 Å². The van der Waals surface area contributed by atoms with Crippen molar-refractivity contribution in [3.8, 4) is 11.3 Å². The van der Waals surface area contributed by atoms with E-state index in [2.05, 4.69) is 21.3 Å². The number of hydrogen-bond acceptors (Lipinski definition) is 8. The zero-order chi connectivity index (χ0) is 41.6. The van der Waals surface area contributed by atoms with Crippen LogP contribution in [0, 0.1) is 6.92 Å². The minimum atomic E-state index is -1.34. The Bertz CT molecular complexity index is 2370. The van der Waals surface area contributed by atoms with Gasteiger partial charge in [-0.05, 0) is 91.8 Å². The molecule has 2 saturated heterocycles. The first-order valence-electron chi connectivity index (χ1n) is 19.3. The van der Waals surface area contributed by atoms with Crippen molar-refractivity contribution in [3.05, 3.63) is 120 Å². The first kappa shape index (κ1) is 40.1. The van der Waals surface area contributed by atoms with E-state index in [9.17, 15) is 33.9 Å². The van der Waals surface area contributed by atoms with Gasteiger partial charge in [0.15, 0.2) is 0 Å². The lowest BCUT2D eigenvalue weighted by molar-refractivity contribution is -0.138. The molecule has 6 amide bonds. The van der Waals surface area contributed by atoms with Crippen LogP contribution < -0.4 is 21.3 Å². The Morgan fingerprint density at radius 1 is 0.695 bits per heavy atom. The lowest BCUT2D eigenvalue weighted by atomic mass is 10.0. The Balaban J connectivity index is 1.01. The van der Waals surface area contributed by atoms with E-state index in [1.54, 1.807) is 97.1 Å². The molecule has 15 nitrogen and oxygen atoms in total. The van der Waals surface area contributed by atoms with Gasteiger partial charge >= 0.3 is 12.2 Å². The maximum absolute atomic E-state index is 13.8. The summed E-state index contributed by atoms with van der Waals surface area (Å²) in [6, 6.07) is 26.2. The van der Waals surface area contributed by atoms with Crippen molar-refractivity contribution < 1.29 is 43.0 Å². The number of likely N-dealkylation sites (tertiary alicyclic amines) is 2. The maximum atomic E-state index is 13.8. The molecule has 2 aliphatic heterocycles. The fourth-order valence-electron chi connectivity index (χ4n) is 7.82. The van der Waals surface area contributed by atoms with Gasteiger partial charge in [0.25, 0.3) is 11.8 Å². The molecular formula is C44H44N6O9. The van der Waals surface area contributed by atoms with Gasteiger partial charge in [-0.3, -0.25) is 19.2 Å². The smallest absolute Gasteiger partial charge is 0.407 e. The van der Waals surface area contributed by atoms with Crippen LogP contribution in [0.1, 0.15) is 54.5 Å². The van der Waals surface area contributed by atoms with Crippen molar-refractivity contribution in [3.63, 3.8) is 0 Å². The summed E-state index contributed by atoms with van der Waals surface area (Å²) in [5.74, 6) is -1.06. The quantitative estimate of drug-likeness (QED) is 0.101. The number of ether oxygens (including phenoxy) is 1. The van der Waals surface area contributed by atoms with E-state index in [1.807, 2.05) is 13.0 Å². The highest BCUT2D eigenvalue weighted by Gasteiger charge is 2.40. The number of anilines is 2. The van der Waals surface area contributed by atoms with Gasteiger partial charge in [-0.2, -0.15) is 0 Å². The fraction of sp³-hybridized carbons (Fsp3) is 0.273. The number of hydrogen-bond donors (Lipinski definition) is 5. The minimum Gasteiger partial charge on any atom is -0.465 e. The number of benzene rings is 4. The summed E-state index contributed by atoms with van der Waals surface area (Å²) in [5, 5.41) is 21.0. The van der Waals surface area contributed by atoms with Gasteiger partial charge in [0.1, 0.15) is 35.5 Å². The molecule has 0 bridgehead atoms. The minimum absolute atomic E-state index is 0.321. The van der Waals surface area contributed by atoms with Gasteiger partial charge in [0.2, 0.25) is 11.8 Å². The molecule has 1 aromatic heterocycles. The number of fused-ring (bicyclic) bond motifs is 1. The molecule has 304 valence electrons. The van der Waals surface area contributed by atoms with Crippen molar-refractivity contribution >= 4 is 58.2 Å². The lowest BCUT2D eigenvalue weighted by Crippen LogP contribution is -2.48. The Morgan fingerprint density at radius 2 is 1.22 bits per heavy atom. The van der Waals surface area contributed by atoms with Crippen molar-refractivity contribution in [1.82, 2.24) is 20.4 Å². The number of carbonyl (C=O) groups is 6. The third kappa shape index (κ3) is 8.88. The third-order valence-corrected chi connectivity index (χ3v) is 10.7. The zero-order valence-electron chi connectivity index (χ0n) is 32.5. The summed E-state index contributed by atoms with van der Waals surface area (Å²) in [7, 11) is 1.22. The average Bonchev–Trinajstić information content (AvgIpc) is 4.03. The van der Waals surface area contributed by atoms with E-state index in [0.717, 1.165) is 16.5 Å². The number of carboxylic acid groups (broad SMARTS) is 1. The molecule has 0 radical (unpaired) electrons. The molecule has 4 aromatic carbocycles. The Kier molecular flexibility index (Phi) is 11.9. The Morgan fingerprint density at radius 3 is 1.75 bits per heavy atom. The topological polar surface area (TPSA) is 200 Å². The van der Waals surface area contributed by atoms with Crippen LogP contribution in [-0.2, 0) is 23.9 Å². The lowest BCUT2D eigenvalue weighted by Gasteiger charge is -2.28. The van der Waals surface area contributed by atoms with E-state index in [4.69, 9.17) is 9.15 Å². The van der Waals surface area contributed by atoms with E-state index in [1.165, 1.54) is 16.9 Å². The van der Waals surface area contributed by atoms with Gasteiger partial charge in [-0.25, -0.2) is 9.59 Å². The molecular weight excluding hydrogens is 757 g/mol. The number of carbonyl (C=O) groups excluding carboxylic acids is 5. The second kappa shape index (κ2) is 17.5. The highest BCUT2D eigenvalue weighted by molar-refractivity contribution is 6.01. The van der Waals surface area contributed by atoms with Gasteiger partial charge in [-0.1, -0.05) is 60.7 Å². The molecule has 0 aliphatic carbocycles. The van der Waals surface area contributed by atoms with Crippen LogP contribution in [0.5, 0.6) is 0 Å². The van der Waals surface area contributed by atoms with Gasteiger partial charge in [0.05, 0.1) is 7.11 Å². The second-order valence-electron chi connectivity index (χ2n) is 14.5. The van der Waals surface area contributed by atoms with Crippen molar-refractivity contribution in [2.24, 2.45) is 0 Å². The number of aryl methyl sites for hydroxylation is 1. The first-order chi connectivity index (χ1) is 28.5. The molecule has 5 aromatic rings. The van der Waals surface area contributed by atoms with Crippen LogP contribution in [0.15, 0.2) is 108 Å². The van der Waals surface area contributed by atoms with Crippen LogP contribution in [-0.4, -0.2) is 83.0 Å². The number of alkyl carbamates (subject to hydrolysis) is 1. The predicted molar refractivity (Wildman–Crippen MR) is 218 cm³/mol. The Labute approximate surface area is 339 Å². The summed E-state index contributed by atoms with van der Waals surface area (Å²) >= 11 is 0. The molecule has 2 aliphatic rings. The number of methoxy groups -OCH3 is 1. The molecule has 0 saturated carbocycles. The number of amides is 6. The Hall–Kier alpha value is -7.16. The highest BCUT2D eigenvalue weighted by atomic mass is 16.5. The molecule has 3 heterocycles. The summed E-state index contributed by atoms with van der Waals surface area (Å²) in [5.41, 5.74) is 4.24.